The Morgan fingerprint density at radius 2 is 2.08 bits per heavy atom. The molecule has 0 saturated carbocycles. The van der Waals surface area contributed by atoms with E-state index in [0.29, 0.717) is 6.42 Å². The van der Waals surface area contributed by atoms with Gasteiger partial charge in [0, 0.05) is 13.0 Å². The summed E-state index contributed by atoms with van der Waals surface area (Å²) in [6.07, 6.45) is 1.51. The maximum Gasteiger partial charge on any atom is 0.223 e. The van der Waals surface area contributed by atoms with Crippen molar-refractivity contribution in [3.8, 4) is 0 Å². The molecule has 0 spiro atoms. The van der Waals surface area contributed by atoms with Gasteiger partial charge in [-0.2, -0.15) is 0 Å². The van der Waals surface area contributed by atoms with Crippen LogP contribution in [0.4, 0.5) is 0 Å². The molecule has 74 valence electrons. The number of likely N-dealkylation sites (tertiary alicyclic amines) is 1. The highest BCUT2D eigenvalue weighted by molar-refractivity contribution is 5.88. The molecule has 3 heteroatoms. The van der Waals surface area contributed by atoms with Gasteiger partial charge in [0.15, 0.2) is 5.78 Å². The third-order valence-corrected chi connectivity index (χ3v) is 2.49. The van der Waals surface area contributed by atoms with Crippen LogP contribution in [0.2, 0.25) is 0 Å². The predicted molar refractivity (Wildman–Crippen MR) is 50.3 cm³/mol. The molecule has 0 aromatic heterocycles. The second kappa shape index (κ2) is 3.90. The van der Waals surface area contributed by atoms with Gasteiger partial charge in [0.05, 0.1) is 6.04 Å². The number of Topliss-reactive ketones (excluding diaryl/α,β-unsaturated/α-hetero) is 1. The molecule has 1 rings (SSSR count). The predicted octanol–water partition coefficient (Wildman–Crippen LogP) is 1.22. The number of ketones is 1. The number of nitrogens with zero attached hydrogens (tertiary/aromatic N) is 1. The van der Waals surface area contributed by atoms with Crippen LogP contribution in [0.25, 0.3) is 0 Å². The average Bonchev–Trinajstić information content (AvgIpc) is 2.35. The summed E-state index contributed by atoms with van der Waals surface area (Å²) in [5.74, 6) is 0.457. The van der Waals surface area contributed by atoms with E-state index in [1.807, 2.05) is 13.8 Å². The van der Waals surface area contributed by atoms with Gasteiger partial charge in [0.2, 0.25) is 5.91 Å². The van der Waals surface area contributed by atoms with Crippen molar-refractivity contribution in [2.24, 2.45) is 5.92 Å². The summed E-state index contributed by atoms with van der Waals surface area (Å²) in [4.78, 5) is 24.5. The quantitative estimate of drug-likeness (QED) is 0.659. The van der Waals surface area contributed by atoms with Crippen LogP contribution in [-0.4, -0.2) is 29.2 Å². The van der Waals surface area contributed by atoms with Crippen molar-refractivity contribution in [2.45, 2.75) is 39.7 Å². The van der Waals surface area contributed by atoms with Gasteiger partial charge in [0.1, 0.15) is 0 Å². The molecule has 1 heterocycles. The molecule has 3 nitrogen and oxygen atoms in total. The van der Waals surface area contributed by atoms with E-state index in [2.05, 4.69) is 0 Å². The molecule has 0 aromatic rings. The molecule has 0 aliphatic carbocycles. The van der Waals surface area contributed by atoms with Crippen LogP contribution < -0.4 is 0 Å². The Morgan fingerprint density at radius 3 is 2.38 bits per heavy atom. The summed E-state index contributed by atoms with van der Waals surface area (Å²) in [7, 11) is 0. The van der Waals surface area contributed by atoms with Gasteiger partial charge in [-0.3, -0.25) is 9.59 Å². The topological polar surface area (TPSA) is 37.4 Å². The molecule has 0 N–H and O–H groups in total. The first-order valence-corrected chi connectivity index (χ1v) is 4.84. The second-order valence-corrected chi connectivity index (χ2v) is 3.99. The molecule has 0 aromatic carbocycles. The van der Waals surface area contributed by atoms with Crippen molar-refractivity contribution >= 4 is 11.7 Å². The average molecular weight is 183 g/mol. The third-order valence-electron chi connectivity index (χ3n) is 2.49. The van der Waals surface area contributed by atoms with Gasteiger partial charge in [-0.25, -0.2) is 0 Å². The van der Waals surface area contributed by atoms with Gasteiger partial charge >= 0.3 is 0 Å². The van der Waals surface area contributed by atoms with Crippen molar-refractivity contribution in [3.63, 3.8) is 0 Å². The van der Waals surface area contributed by atoms with Crippen LogP contribution in [0.15, 0.2) is 0 Å². The van der Waals surface area contributed by atoms with Crippen molar-refractivity contribution in [2.75, 3.05) is 6.54 Å². The minimum absolute atomic E-state index is 0.102. The van der Waals surface area contributed by atoms with E-state index in [4.69, 9.17) is 0 Å². The number of hydrogen-bond acceptors (Lipinski definition) is 2. The maximum absolute atomic E-state index is 11.4. The molecule has 13 heavy (non-hydrogen) atoms. The Kier molecular flexibility index (Phi) is 3.07. The third kappa shape index (κ3) is 2.08. The summed E-state index contributed by atoms with van der Waals surface area (Å²) >= 11 is 0. The molecule has 1 aliphatic heterocycles. The van der Waals surface area contributed by atoms with E-state index in [1.165, 1.54) is 0 Å². The van der Waals surface area contributed by atoms with Crippen molar-refractivity contribution in [3.05, 3.63) is 0 Å². The summed E-state index contributed by atoms with van der Waals surface area (Å²) in [5.41, 5.74) is 0. The highest BCUT2D eigenvalue weighted by Crippen LogP contribution is 2.19. The number of carbonyl (C=O) groups excluding carboxylic acids is 2. The van der Waals surface area contributed by atoms with Gasteiger partial charge in [0.25, 0.3) is 0 Å². The normalized spacial score (nSPS) is 19.7. The Bertz CT molecular complexity index is 223. The standard InChI is InChI=1S/C10H17NO2/c1-7(2)10(8(3)12)11-6-4-5-9(11)13/h7,10H,4-6H2,1-3H3/t10-/m0/s1. The first kappa shape index (κ1) is 10.2. The fourth-order valence-electron chi connectivity index (χ4n) is 2.01. The Hall–Kier alpha value is -0.860. The maximum atomic E-state index is 11.4. The van der Waals surface area contributed by atoms with Crippen LogP contribution in [-0.2, 0) is 9.59 Å². The smallest absolute Gasteiger partial charge is 0.223 e. The second-order valence-electron chi connectivity index (χ2n) is 3.99. The zero-order valence-electron chi connectivity index (χ0n) is 8.54. The van der Waals surface area contributed by atoms with Gasteiger partial charge < -0.3 is 4.90 Å². The lowest BCUT2D eigenvalue weighted by atomic mass is 9.99. The van der Waals surface area contributed by atoms with Crippen LogP contribution >= 0.6 is 0 Å². The summed E-state index contributed by atoms with van der Waals surface area (Å²) in [6.45, 7) is 6.28. The zero-order valence-corrected chi connectivity index (χ0v) is 8.54. The number of rotatable bonds is 3. The first-order chi connectivity index (χ1) is 6.04. The largest absolute Gasteiger partial charge is 0.332 e. The van der Waals surface area contributed by atoms with Crippen molar-refractivity contribution in [1.29, 1.82) is 0 Å². The molecular weight excluding hydrogens is 166 g/mol. The minimum Gasteiger partial charge on any atom is -0.332 e. The zero-order chi connectivity index (χ0) is 10.0. The van der Waals surface area contributed by atoms with Crippen LogP contribution in [0.3, 0.4) is 0 Å². The van der Waals surface area contributed by atoms with Gasteiger partial charge in [-0.05, 0) is 19.3 Å². The summed E-state index contributed by atoms with van der Waals surface area (Å²) < 4.78 is 0. The summed E-state index contributed by atoms with van der Waals surface area (Å²) in [6, 6.07) is -0.199. The molecule has 0 bridgehead atoms. The fraction of sp³-hybridized carbons (Fsp3) is 0.800. The highest BCUT2D eigenvalue weighted by atomic mass is 16.2. The van der Waals surface area contributed by atoms with E-state index >= 15 is 0 Å². The van der Waals surface area contributed by atoms with Crippen LogP contribution in [0.1, 0.15) is 33.6 Å². The number of hydrogen-bond donors (Lipinski definition) is 0. The molecule has 0 unspecified atom stereocenters. The molecular formula is C10H17NO2. The van der Waals surface area contributed by atoms with E-state index in [0.717, 1.165) is 13.0 Å². The SMILES string of the molecule is CC(=O)[C@H](C(C)C)N1CCCC1=O. The van der Waals surface area contributed by atoms with E-state index in [1.54, 1.807) is 11.8 Å². The molecule has 0 radical (unpaired) electrons. The Morgan fingerprint density at radius 1 is 1.46 bits per heavy atom. The Labute approximate surface area is 79.1 Å². The lowest BCUT2D eigenvalue weighted by Gasteiger charge is -2.28. The van der Waals surface area contributed by atoms with Gasteiger partial charge in [-0.15, -0.1) is 0 Å². The lowest BCUT2D eigenvalue weighted by Crippen LogP contribution is -2.44. The fourth-order valence-corrected chi connectivity index (χ4v) is 2.01. The molecule has 1 amide bonds. The van der Waals surface area contributed by atoms with E-state index in [9.17, 15) is 9.59 Å². The van der Waals surface area contributed by atoms with Crippen LogP contribution in [0.5, 0.6) is 0 Å². The monoisotopic (exact) mass is 183 g/mol. The molecule has 1 fully saturated rings. The molecule has 1 saturated heterocycles. The van der Waals surface area contributed by atoms with Crippen LogP contribution in [0, 0.1) is 5.92 Å². The van der Waals surface area contributed by atoms with E-state index < -0.39 is 0 Å². The first-order valence-electron chi connectivity index (χ1n) is 4.84. The number of amides is 1. The van der Waals surface area contributed by atoms with E-state index in [-0.39, 0.29) is 23.7 Å². The summed E-state index contributed by atoms with van der Waals surface area (Å²) in [5, 5.41) is 0. The van der Waals surface area contributed by atoms with Gasteiger partial charge in [-0.1, -0.05) is 13.8 Å². The number of carbonyl (C=O) groups is 2. The lowest BCUT2D eigenvalue weighted by molar-refractivity contribution is -0.137. The molecule has 1 aliphatic rings. The Balaban J connectivity index is 2.75. The highest BCUT2D eigenvalue weighted by Gasteiger charge is 2.32. The van der Waals surface area contributed by atoms with Crippen molar-refractivity contribution < 1.29 is 9.59 Å². The van der Waals surface area contributed by atoms with Crippen molar-refractivity contribution in [1.82, 2.24) is 4.90 Å². The minimum atomic E-state index is -0.199. The molecule has 1 atom stereocenters.